The van der Waals surface area contributed by atoms with Crippen molar-refractivity contribution in [1.29, 1.82) is 0 Å². The van der Waals surface area contributed by atoms with Crippen molar-refractivity contribution < 1.29 is 24.2 Å². The standard InChI is InChI=1S/C21H25NO5/c1-4-26-21(25)19(20(24)16-8-6-5-7-9-16)22-18(23)13-27-17-11-10-14(2)15(3)12-17/h5-12,19-20,24H,4,13H2,1-3H3,(H,22,23). The topological polar surface area (TPSA) is 84.9 Å². The number of esters is 1. The van der Waals surface area contributed by atoms with Gasteiger partial charge < -0.3 is 19.9 Å². The second-order valence-corrected chi connectivity index (χ2v) is 6.19. The first-order valence-electron chi connectivity index (χ1n) is 8.81. The molecule has 0 saturated heterocycles. The van der Waals surface area contributed by atoms with Gasteiger partial charge in [-0.2, -0.15) is 0 Å². The lowest BCUT2D eigenvalue weighted by Crippen LogP contribution is -2.47. The largest absolute Gasteiger partial charge is 0.484 e. The number of aryl methyl sites for hydroxylation is 2. The summed E-state index contributed by atoms with van der Waals surface area (Å²) >= 11 is 0. The first-order valence-corrected chi connectivity index (χ1v) is 8.81. The number of rotatable bonds is 8. The second-order valence-electron chi connectivity index (χ2n) is 6.19. The Morgan fingerprint density at radius 2 is 1.78 bits per heavy atom. The molecule has 0 spiro atoms. The summed E-state index contributed by atoms with van der Waals surface area (Å²) in [5, 5.41) is 13.0. The Balaban J connectivity index is 2.04. The monoisotopic (exact) mass is 371 g/mol. The molecule has 1 amide bonds. The van der Waals surface area contributed by atoms with Crippen LogP contribution in [0, 0.1) is 13.8 Å². The highest BCUT2D eigenvalue weighted by Gasteiger charge is 2.31. The van der Waals surface area contributed by atoms with E-state index >= 15 is 0 Å². The molecule has 0 radical (unpaired) electrons. The predicted octanol–water partition coefficient (Wildman–Crippen LogP) is 2.46. The summed E-state index contributed by atoms with van der Waals surface area (Å²) in [6, 6.07) is 12.9. The highest BCUT2D eigenvalue weighted by molar-refractivity contribution is 5.85. The van der Waals surface area contributed by atoms with E-state index in [2.05, 4.69) is 5.32 Å². The van der Waals surface area contributed by atoms with Gasteiger partial charge in [0.25, 0.3) is 5.91 Å². The first kappa shape index (κ1) is 20.5. The van der Waals surface area contributed by atoms with Crippen molar-refractivity contribution in [2.45, 2.75) is 32.9 Å². The molecule has 2 aromatic rings. The number of carbonyl (C=O) groups is 2. The molecule has 2 unspecified atom stereocenters. The average molecular weight is 371 g/mol. The molecule has 2 N–H and O–H groups in total. The summed E-state index contributed by atoms with van der Waals surface area (Å²) < 4.78 is 10.5. The number of aliphatic hydroxyl groups excluding tert-OH is 1. The smallest absolute Gasteiger partial charge is 0.331 e. The van der Waals surface area contributed by atoms with Gasteiger partial charge in [-0.3, -0.25) is 4.79 Å². The zero-order chi connectivity index (χ0) is 19.8. The molecular weight excluding hydrogens is 346 g/mol. The van der Waals surface area contributed by atoms with E-state index in [1.165, 1.54) is 0 Å². The van der Waals surface area contributed by atoms with Crippen LogP contribution in [0.15, 0.2) is 48.5 Å². The van der Waals surface area contributed by atoms with Gasteiger partial charge in [0.1, 0.15) is 11.9 Å². The minimum absolute atomic E-state index is 0.145. The number of carbonyl (C=O) groups excluding carboxylic acids is 2. The lowest BCUT2D eigenvalue weighted by Gasteiger charge is -2.23. The molecule has 2 aromatic carbocycles. The van der Waals surface area contributed by atoms with Crippen LogP contribution in [0.2, 0.25) is 0 Å². The summed E-state index contributed by atoms with van der Waals surface area (Å²) in [4.78, 5) is 24.5. The van der Waals surface area contributed by atoms with Crippen LogP contribution in [-0.4, -0.2) is 36.2 Å². The van der Waals surface area contributed by atoms with Gasteiger partial charge in [-0.05, 0) is 49.6 Å². The fourth-order valence-electron chi connectivity index (χ4n) is 2.51. The molecule has 2 atom stereocenters. The average Bonchev–Trinajstić information content (AvgIpc) is 2.67. The van der Waals surface area contributed by atoms with Gasteiger partial charge >= 0.3 is 5.97 Å². The molecule has 2 rings (SSSR count). The van der Waals surface area contributed by atoms with Crippen molar-refractivity contribution in [3.63, 3.8) is 0 Å². The van der Waals surface area contributed by atoms with Gasteiger partial charge in [0.05, 0.1) is 6.61 Å². The van der Waals surface area contributed by atoms with E-state index in [1.807, 2.05) is 26.0 Å². The Hall–Kier alpha value is -2.86. The van der Waals surface area contributed by atoms with E-state index in [-0.39, 0.29) is 13.2 Å². The van der Waals surface area contributed by atoms with Gasteiger partial charge in [0, 0.05) is 0 Å². The molecule has 0 fully saturated rings. The van der Waals surface area contributed by atoms with Gasteiger partial charge in [-0.25, -0.2) is 4.79 Å². The maximum Gasteiger partial charge on any atom is 0.331 e. The van der Waals surface area contributed by atoms with Gasteiger partial charge in [-0.1, -0.05) is 36.4 Å². The van der Waals surface area contributed by atoms with Crippen LogP contribution in [0.1, 0.15) is 29.7 Å². The number of aliphatic hydroxyl groups is 1. The molecule has 144 valence electrons. The Morgan fingerprint density at radius 3 is 2.41 bits per heavy atom. The van der Waals surface area contributed by atoms with Crippen LogP contribution in [0.4, 0.5) is 0 Å². The third-order valence-corrected chi connectivity index (χ3v) is 4.16. The Labute approximate surface area is 159 Å². The lowest BCUT2D eigenvalue weighted by molar-refractivity contribution is -0.151. The van der Waals surface area contributed by atoms with Crippen LogP contribution in [0.5, 0.6) is 5.75 Å². The zero-order valence-electron chi connectivity index (χ0n) is 15.8. The maximum absolute atomic E-state index is 12.3. The Kier molecular flexibility index (Phi) is 7.37. The van der Waals surface area contributed by atoms with Crippen LogP contribution in [-0.2, 0) is 14.3 Å². The Bertz CT molecular complexity index is 775. The first-order chi connectivity index (χ1) is 12.9. The summed E-state index contributed by atoms with van der Waals surface area (Å²) in [6.45, 7) is 5.47. The molecule has 27 heavy (non-hydrogen) atoms. The molecule has 0 aliphatic heterocycles. The number of amides is 1. The minimum Gasteiger partial charge on any atom is -0.484 e. The van der Waals surface area contributed by atoms with Crippen molar-refractivity contribution >= 4 is 11.9 Å². The van der Waals surface area contributed by atoms with Crippen LogP contribution < -0.4 is 10.1 Å². The van der Waals surface area contributed by atoms with Crippen molar-refractivity contribution in [1.82, 2.24) is 5.32 Å². The number of ether oxygens (including phenoxy) is 2. The number of nitrogens with one attached hydrogen (secondary N) is 1. The molecule has 0 bridgehead atoms. The van der Waals surface area contributed by atoms with Crippen molar-refractivity contribution in [2.24, 2.45) is 0 Å². The fraction of sp³-hybridized carbons (Fsp3) is 0.333. The molecule has 6 heteroatoms. The number of hydrogen-bond acceptors (Lipinski definition) is 5. The van der Waals surface area contributed by atoms with Crippen molar-refractivity contribution in [3.8, 4) is 5.75 Å². The van der Waals surface area contributed by atoms with E-state index in [0.717, 1.165) is 11.1 Å². The van der Waals surface area contributed by atoms with Crippen LogP contribution >= 0.6 is 0 Å². The van der Waals surface area contributed by atoms with Crippen LogP contribution in [0.3, 0.4) is 0 Å². The predicted molar refractivity (Wildman–Crippen MR) is 101 cm³/mol. The molecule has 0 aliphatic rings. The number of benzene rings is 2. The molecule has 0 heterocycles. The summed E-state index contributed by atoms with van der Waals surface area (Å²) in [7, 11) is 0. The van der Waals surface area contributed by atoms with E-state index in [0.29, 0.717) is 11.3 Å². The van der Waals surface area contributed by atoms with Crippen LogP contribution in [0.25, 0.3) is 0 Å². The molecule has 0 saturated carbocycles. The summed E-state index contributed by atoms with van der Waals surface area (Å²) in [5.41, 5.74) is 2.68. The summed E-state index contributed by atoms with van der Waals surface area (Å²) in [5.74, 6) is -0.667. The normalized spacial score (nSPS) is 12.7. The quantitative estimate of drug-likeness (QED) is 0.697. The van der Waals surface area contributed by atoms with E-state index in [4.69, 9.17) is 9.47 Å². The van der Waals surface area contributed by atoms with Gasteiger partial charge in [0.15, 0.2) is 12.6 Å². The van der Waals surface area contributed by atoms with Gasteiger partial charge in [-0.15, -0.1) is 0 Å². The second kappa shape index (κ2) is 9.73. The third-order valence-electron chi connectivity index (χ3n) is 4.16. The molecule has 0 aromatic heterocycles. The highest BCUT2D eigenvalue weighted by atomic mass is 16.5. The highest BCUT2D eigenvalue weighted by Crippen LogP contribution is 2.18. The van der Waals surface area contributed by atoms with E-state index in [1.54, 1.807) is 43.3 Å². The summed E-state index contributed by atoms with van der Waals surface area (Å²) in [6.07, 6.45) is -1.23. The Morgan fingerprint density at radius 1 is 1.07 bits per heavy atom. The minimum atomic E-state index is -1.23. The number of hydrogen-bond donors (Lipinski definition) is 2. The lowest BCUT2D eigenvalue weighted by atomic mass is 10.0. The van der Waals surface area contributed by atoms with E-state index < -0.39 is 24.0 Å². The molecule has 6 nitrogen and oxygen atoms in total. The van der Waals surface area contributed by atoms with Crippen molar-refractivity contribution in [2.75, 3.05) is 13.2 Å². The van der Waals surface area contributed by atoms with Crippen molar-refractivity contribution in [3.05, 3.63) is 65.2 Å². The molecular formula is C21H25NO5. The van der Waals surface area contributed by atoms with E-state index in [9.17, 15) is 14.7 Å². The third kappa shape index (κ3) is 5.82. The SMILES string of the molecule is CCOC(=O)C(NC(=O)COc1ccc(C)c(C)c1)C(O)c1ccccc1. The molecule has 0 aliphatic carbocycles. The zero-order valence-corrected chi connectivity index (χ0v) is 15.8. The fourth-order valence-corrected chi connectivity index (χ4v) is 2.51. The van der Waals surface area contributed by atoms with Gasteiger partial charge in [0.2, 0.25) is 0 Å². The maximum atomic E-state index is 12.3.